The van der Waals surface area contributed by atoms with Crippen LogP contribution in [0, 0.1) is 0 Å². The molecule has 3 nitrogen and oxygen atoms in total. The zero-order valence-electron chi connectivity index (χ0n) is 4.43. The van der Waals surface area contributed by atoms with Crippen molar-refractivity contribution in [2.24, 2.45) is 0 Å². The summed E-state index contributed by atoms with van der Waals surface area (Å²) in [4.78, 5) is 20.3. The van der Waals surface area contributed by atoms with E-state index in [0.29, 0.717) is 0 Å². The number of carbonyl (C=O) groups is 2. The number of ketones is 2. The van der Waals surface area contributed by atoms with Crippen LogP contribution in [-0.4, -0.2) is 28.7 Å². The molecular formula is C4H5O3Si. The smallest absolute Gasteiger partial charge is 0.246 e. The lowest BCUT2D eigenvalue weighted by molar-refractivity contribution is -0.136. The summed E-state index contributed by atoms with van der Waals surface area (Å²) < 4.78 is 4.20. The molecule has 0 saturated heterocycles. The average molecular weight is 129 g/mol. The van der Waals surface area contributed by atoms with Crippen molar-refractivity contribution in [2.75, 3.05) is 6.61 Å². The lowest BCUT2D eigenvalue weighted by Gasteiger charge is -1.89. The number of rotatable bonds is 3. The molecule has 0 aliphatic heterocycles. The minimum absolute atomic E-state index is 0.188. The van der Waals surface area contributed by atoms with Crippen LogP contribution in [0.1, 0.15) is 6.92 Å². The van der Waals surface area contributed by atoms with Gasteiger partial charge in [-0.15, -0.1) is 0 Å². The number of Topliss-reactive ketones (excluding diaryl/α,β-unsaturated/α-hetero) is 2. The molecule has 0 N–H and O–H groups in total. The normalized spacial score (nSPS) is 8.75. The maximum Gasteiger partial charge on any atom is 0.246 e. The average Bonchev–Trinajstić information content (AvgIpc) is 1.67. The fourth-order valence-corrected chi connectivity index (χ4v) is 0.298. The second kappa shape index (κ2) is 3.51. The summed E-state index contributed by atoms with van der Waals surface area (Å²) in [5.41, 5.74) is 0. The molecule has 0 saturated carbocycles. The number of carbonyl (C=O) groups excluding carboxylic acids is 2. The van der Waals surface area contributed by atoms with Crippen LogP contribution in [-0.2, 0) is 14.0 Å². The Bertz CT molecular complexity index is 110. The second-order valence-electron chi connectivity index (χ2n) is 1.27. The minimum atomic E-state index is -0.528. The van der Waals surface area contributed by atoms with Gasteiger partial charge >= 0.3 is 0 Å². The topological polar surface area (TPSA) is 43.4 Å². The van der Waals surface area contributed by atoms with Crippen molar-refractivity contribution in [3.8, 4) is 0 Å². The standard InChI is InChI=1S/C4H5O3Si/c1-3(5)4(6)2-7-8/h2H2,1H3. The molecule has 43 valence electrons. The molecule has 0 aromatic carbocycles. The molecular weight excluding hydrogens is 124 g/mol. The molecule has 0 aromatic heterocycles. The van der Waals surface area contributed by atoms with Crippen molar-refractivity contribution in [1.29, 1.82) is 0 Å². The van der Waals surface area contributed by atoms with Crippen molar-refractivity contribution in [2.45, 2.75) is 6.92 Å². The maximum atomic E-state index is 10.2. The van der Waals surface area contributed by atoms with Gasteiger partial charge in [-0.1, -0.05) is 0 Å². The SMILES string of the molecule is CC(=O)C(=O)CO[Si]. The third kappa shape index (κ3) is 2.65. The van der Waals surface area contributed by atoms with Gasteiger partial charge in [-0.25, -0.2) is 0 Å². The van der Waals surface area contributed by atoms with E-state index >= 15 is 0 Å². The summed E-state index contributed by atoms with van der Waals surface area (Å²) in [7, 11) is 2.59. The third-order valence-electron chi connectivity index (χ3n) is 0.596. The van der Waals surface area contributed by atoms with E-state index in [2.05, 4.69) is 14.9 Å². The molecule has 8 heavy (non-hydrogen) atoms. The third-order valence-corrected chi connectivity index (χ3v) is 0.740. The van der Waals surface area contributed by atoms with E-state index in [1.54, 1.807) is 0 Å². The van der Waals surface area contributed by atoms with Gasteiger partial charge in [-0.2, -0.15) is 0 Å². The van der Waals surface area contributed by atoms with Crippen LogP contribution in [0.25, 0.3) is 0 Å². The summed E-state index contributed by atoms with van der Waals surface area (Å²) >= 11 is 0. The Hall–Kier alpha value is -0.483. The second-order valence-corrected chi connectivity index (χ2v) is 1.56. The van der Waals surface area contributed by atoms with Gasteiger partial charge < -0.3 is 4.43 Å². The van der Waals surface area contributed by atoms with Crippen molar-refractivity contribution < 1.29 is 14.0 Å². The summed E-state index contributed by atoms with van der Waals surface area (Å²) in [6.07, 6.45) is 0. The van der Waals surface area contributed by atoms with Gasteiger partial charge in [0.2, 0.25) is 16.3 Å². The van der Waals surface area contributed by atoms with Crippen LogP contribution in [0.15, 0.2) is 0 Å². The van der Waals surface area contributed by atoms with Gasteiger partial charge in [0.1, 0.15) is 0 Å². The Morgan fingerprint density at radius 1 is 1.62 bits per heavy atom. The van der Waals surface area contributed by atoms with Gasteiger partial charge in [0.25, 0.3) is 0 Å². The molecule has 0 bridgehead atoms. The van der Waals surface area contributed by atoms with Crippen LogP contribution in [0.3, 0.4) is 0 Å². The lowest BCUT2D eigenvalue weighted by Crippen LogP contribution is -2.15. The highest BCUT2D eigenvalue weighted by molar-refractivity contribution is 6.37. The van der Waals surface area contributed by atoms with Crippen LogP contribution in [0.5, 0.6) is 0 Å². The van der Waals surface area contributed by atoms with E-state index < -0.39 is 11.6 Å². The summed E-state index contributed by atoms with van der Waals surface area (Å²) in [5.74, 6) is -1.01. The van der Waals surface area contributed by atoms with Crippen molar-refractivity contribution >= 4 is 22.1 Å². The lowest BCUT2D eigenvalue weighted by atomic mass is 10.3. The van der Waals surface area contributed by atoms with Gasteiger partial charge in [-0.3, -0.25) is 9.59 Å². The van der Waals surface area contributed by atoms with Gasteiger partial charge in [-0.05, 0) is 0 Å². The van der Waals surface area contributed by atoms with Crippen LogP contribution >= 0.6 is 0 Å². The first-order valence-electron chi connectivity index (χ1n) is 2.00. The Labute approximate surface area is 50.6 Å². The molecule has 0 amide bonds. The van der Waals surface area contributed by atoms with E-state index in [0.717, 1.165) is 0 Å². The summed E-state index contributed by atoms with van der Waals surface area (Å²) in [6, 6.07) is 0. The molecule has 3 radical (unpaired) electrons. The molecule has 0 spiro atoms. The molecule has 0 aliphatic carbocycles. The van der Waals surface area contributed by atoms with Crippen molar-refractivity contribution in [3.63, 3.8) is 0 Å². The van der Waals surface area contributed by atoms with E-state index in [1.807, 2.05) is 0 Å². The molecule has 0 aliphatic rings. The quantitative estimate of drug-likeness (QED) is 0.372. The highest BCUT2D eigenvalue weighted by Crippen LogP contribution is 1.74. The number of hydrogen-bond acceptors (Lipinski definition) is 3. The first-order chi connectivity index (χ1) is 3.68. The van der Waals surface area contributed by atoms with E-state index in [1.165, 1.54) is 6.92 Å². The molecule has 0 aromatic rings. The highest BCUT2D eigenvalue weighted by Gasteiger charge is 2.04. The predicted octanol–water partition coefficient (Wildman–Crippen LogP) is -0.755. The monoisotopic (exact) mass is 129 g/mol. The molecule has 0 fully saturated rings. The predicted molar refractivity (Wildman–Crippen MR) is 27.4 cm³/mol. The fourth-order valence-electron chi connectivity index (χ4n) is 0.167. The van der Waals surface area contributed by atoms with Gasteiger partial charge in [0, 0.05) is 6.92 Å². The van der Waals surface area contributed by atoms with Gasteiger partial charge in [0.15, 0.2) is 5.78 Å². The van der Waals surface area contributed by atoms with E-state index in [4.69, 9.17) is 0 Å². The summed E-state index contributed by atoms with van der Waals surface area (Å²) in [5, 5.41) is 0. The van der Waals surface area contributed by atoms with Crippen LogP contribution in [0.4, 0.5) is 0 Å². The van der Waals surface area contributed by atoms with Crippen molar-refractivity contribution in [1.82, 2.24) is 0 Å². The molecule has 0 unspecified atom stereocenters. The minimum Gasteiger partial charge on any atom is -0.411 e. The highest BCUT2D eigenvalue weighted by atomic mass is 28.2. The van der Waals surface area contributed by atoms with Crippen molar-refractivity contribution in [3.05, 3.63) is 0 Å². The Kier molecular flexibility index (Phi) is 3.30. The van der Waals surface area contributed by atoms with Gasteiger partial charge in [0.05, 0.1) is 6.61 Å². The van der Waals surface area contributed by atoms with E-state index in [-0.39, 0.29) is 6.61 Å². The largest absolute Gasteiger partial charge is 0.411 e. The molecule has 0 atom stereocenters. The first kappa shape index (κ1) is 7.52. The Morgan fingerprint density at radius 3 is 2.25 bits per heavy atom. The first-order valence-corrected chi connectivity index (χ1v) is 2.41. The zero-order valence-corrected chi connectivity index (χ0v) is 5.43. The zero-order chi connectivity index (χ0) is 6.57. The number of hydrogen-bond donors (Lipinski definition) is 0. The maximum absolute atomic E-state index is 10.2. The molecule has 4 heteroatoms. The molecule has 0 heterocycles. The fraction of sp³-hybridized carbons (Fsp3) is 0.500. The van der Waals surface area contributed by atoms with Crippen LogP contribution < -0.4 is 0 Å². The Balaban J connectivity index is 3.49. The summed E-state index contributed by atoms with van der Waals surface area (Å²) in [6.45, 7) is 1.01. The van der Waals surface area contributed by atoms with E-state index in [9.17, 15) is 9.59 Å². The van der Waals surface area contributed by atoms with Crippen LogP contribution in [0.2, 0.25) is 0 Å². The Morgan fingerprint density at radius 2 is 2.12 bits per heavy atom. The molecule has 0 rings (SSSR count).